The van der Waals surface area contributed by atoms with Crippen LogP contribution in [0.5, 0.6) is 0 Å². The summed E-state index contributed by atoms with van der Waals surface area (Å²) in [5, 5.41) is 34.8. The number of hydrogen-bond donors (Lipinski definition) is 4. The number of benzene rings is 2. The molecule has 2 aromatic rings. The maximum absolute atomic E-state index is 10.6. The second-order valence-electron chi connectivity index (χ2n) is 4.38. The molecule has 2 rings (SSSR count). The smallest absolute Gasteiger partial charge is 0.423 e. The molecule has 0 aliphatic heterocycles. The van der Waals surface area contributed by atoms with E-state index < -0.39 is 12.0 Å². The van der Waals surface area contributed by atoms with Crippen molar-refractivity contribution in [3.8, 4) is 0 Å². The minimum absolute atomic E-state index is 0.00550. The van der Waals surface area contributed by atoms with Gasteiger partial charge < -0.3 is 20.7 Å². The van der Waals surface area contributed by atoms with Crippen LogP contribution in [0.15, 0.2) is 48.5 Å². The molecule has 0 heterocycles. The second-order valence-corrected chi connectivity index (χ2v) is 4.79. The number of nitro benzene ring substituents is 1. The first-order valence-corrected chi connectivity index (χ1v) is 6.65. The molecule has 0 saturated carbocycles. The average molecular weight is 317 g/mol. The van der Waals surface area contributed by atoms with Gasteiger partial charge in [0.15, 0.2) is 5.11 Å². The summed E-state index contributed by atoms with van der Waals surface area (Å²) in [6.45, 7) is 0. The number of hydrogen-bond acceptors (Lipinski definition) is 5. The Labute approximate surface area is 131 Å². The molecule has 0 aliphatic carbocycles. The van der Waals surface area contributed by atoms with Crippen molar-refractivity contribution in [1.29, 1.82) is 0 Å². The third-order valence-corrected chi connectivity index (χ3v) is 2.98. The molecule has 0 aromatic heterocycles. The second kappa shape index (κ2) is 6.99. The van der Waals surface area contributed by atoms with Crippen LogP contribution in [0.3, 0.4) is 0 Å². The first-order chi connectivity index (χ1) is 10.5. The van der Waals surface area contributed by atoms with Crippen LogP contribution in [-0.2, 0) is 0 Å². The lowest BCUT2D eigenvalue weighted by molar-refractivity contribution is -0.384. The summed E-state index contributed by atoms with van der Waals surface area (Å²) in [6.07, 6.45) is 0. The molecule has 2 aromatic carbocycles. The van der Waals surface area contributed by atoms with Gasteiger partial charge in [0.25, 0.3) is 5.69 Å². The zero-order chi connectivity index (χ0) is 16.1. The number of nitro groups is 1. The summed E-state index contributed by atoms with van der Waals surface area (Å²) in [5.41, 5.74) is 1.52. The van der Waals surface area contributed by atoms with E-state index in [0.717, 1.165) is 0 Å². The SMILES string of the molecule is O=[N+]([O-])c1ccc(NC(=S)Nc2cccc(B(O)O)c2)cc1. The fraction of sp³-hybridized carbons (Fsp3) is 0. The predicted octanol–water partition coefficient (Wildman–Crippen LogP) is 1.08. The summed E-state index contributed by atoms with van der Waals surface area (Å²) < 4.78 is 0. The quantitative estimate of drug-likeness (QED) is 0.289. The van der Waals surface area contributed by atoms with Crippen molar-refractivity contribution in [2.45, 2.75) is 0 Å². The molecule has 0 aliphatic rings. The highest BCUT2D eigenvalue weighted by atomic mass is 32.1. The van der Waals surface area contributed by atoms with Crippen molar-refractivity contribution < 1.29 is 15.0 Å². The molecule has 0 bridgehead atoms. The van der Waals surface area contributed by atoms with E-state index in [1.165, 1.54) is 12.1 Å². The van der Waals surface area contributed by atoms with E-state index in [9.17, 15) is 10.1 Å². The Bertz CT molecular complexity index is 694. The average Bonchev–Trinajstić information content (AvgIpc) is 2.47. The van der Waals surface area contributed by atoms with E-state index in [4.69, 9.17) is 22.3 Å². The van der Waals surface area contributed by atoms with E-state index in [1.54, 1.807) is 36.4 Å². The molecule has 0 amide bonds. The van der Waals surface area contributed by atoms with Crippen LogP contribution in [-0.4, -0.2) is 27.2 Å². The summed E-state index contributed by atoms with van der Waals surface area (Å²) in [7, 11) is -1.56. The lowest BCUT2D eigenvalue weighted by Crippen LogP contribution is -2.30. The maximum Gasteiger partial charge on any atom is 0.488 e. The Morgan fingerprint density at radius 1 is 1.09 bits per heavy atom. The molecule has 9 heteroatoms. The van der Waals surface area contributed by atoms with Crippen LogP contribution < -0.4 is 16.1 Å². The number of nitrogens with one attached hydrogen (secondary N) is 2. The predicted molar refractivity (Wildman–Crippen MR) is 89.2 cm³/mol. The molecule has 7 nitrogen and oxygen atoms in total. The molecule has 0 spiro atoms. The van der Waals surface area contributed by atoms with Crippen molar-refractivity contribution in [2.75, 3.05) is 10.6 Å². The number of non-ortho nitro benzene ring substituents is 1. The number of thiocarbonyl (C=S) groups is 1. The van der Waals surface area contributed by atoms with Gasteiger partial charge in [-0.25, -0.2) is 0 Å². The molecular formula is C13H12BN3O4S. The Morgan fingerprint density at radius 2 is 1.73 bits per heavy atom. The molecule has 112 valence electrons. The van der Waals surface area contributed by atoms with Gasteiger partial charge in [-0.1, -0.05) is 12.1 Å². The molecule has 0 radical (unpaired) electrons. The van der Waals surface area contributed by atoms with Gasteiger partial charge in [0.1, 0.15) is 0 Å². The van der Waals surface area contributed by atoms with Gasteiger partial charge in [-0.15, -0.1) is 0 Å². The summed E-state index contributed by atoms with van der Waals surface area (Å²) in [4.78, 5) is 10.1. The van der Waals surface area contributed by atoms with E-state index in [-0.39, 0.29) is 10.8 Å². The Hall–Kier alpha value is -2.49. The van der Waals surface area contributed by atoms with Gasteiger partial charge in [-0.3, -0.25) is 10.1 Å². The number of nitrogens with zero attached hydrogens (tertiary/aromatic N) is 1. The van der Waals surface area contributed by atoms with Crippen molar-refractivity contribution in [3.63, 3.8) is 0 Å². The normalized spacial score (nSPS) is 9.91. The number of rotatable bonds is 4. The van der Waals surface area contributed by atoms with Crippen LogP contribution in [0.2, 0.25) is 0 Å². The fourth-order valence-electron chi connectivity index (χ4n) is 1.74. The third kappa shape index (κ3) is 4.25. The molecule has 22 heavy (non-hydrogen) atoms. The van der Waals surface area contributed by atoms with Gasteiger partial charge in [-0.05, 0) is 41.9 Å². The van der Waals surface area contributed by atoms with Crippen LogP contribution in [0.1, 0.15) is 0 Å². The highest BCUT2D eigenvalue weighted by molar-refractivity contribution is 7.80. The third-order valence-electron chi connectivity index (χ3n) is 2.78. The fourth-order valence-corrected chi connectivity index (χ4v) is 1.97. The first kappa shape index (κ1) is 15.9. The lowest BCUT2D eigenvalue weighted by Gasteiger charge is -2.11. The van der Waals surface area contributed by atoms with Crippen molar-refractivity contribution in [2.24, 2.45) is 0 Å². The summed E-state index contributed by atoms with van der Waals surface area (Å²) in [6, 6.07) is 12.3. The van der Waals surface area contributed by atoms with Gasteiger partial charge in [0.2, 0.25) is 0 Å². The van der Waals surface area contributed by atoms with E-state index in [1.807, 2.05) is 0 Å². The highest BCUT2D eigenvalue weighted by Crippen LogP contribution is 2.15. The van der Waals surface area contributed by atoms with Crippen molar-refractivity contribution >= 4 is 47.0 Å². The summed E-state index contributed by atoms with van der Waals surface area (Å²) >= 11 is 5.13. The van der Waals surface area contributed by atoms with Crippen LogP contribution in [0.25, 0.3) is 0 Å². The van der Waals surface area contributed by atoms with Gasteiger partial charge in [0.05, 0.1) is 4.92 Å². The zero-order valence-corrected chi connectivity index (χ0v) is 12.1. The van der Waals surface area contributed by atoms with Crippen LogP contribution >= 0.6 is 12.2 Å². The van der Waals surface area contributed by atoms with Crippen LogP contribution in [0, 0.1) is 10.1 Å². The molecule has 0 atom stereocenters. The topological polar surface area (TPSA) is 108 Å². The largest absolute Gasteiger partial charge is 0.488 e. The Balaban J connectivity index is 2.00. The number of anilines is 2. The monoisotopic (exact) mass is 317 g/mol. The lowest BCUT2D eigenvalue weighted by atomic mass is 9.80. The van der Waals surface area contributed by atoms with Gasteiger partial charge >= 0.3 is 7.12 Å². The molecule has 4 N–H and O–H groups in total. The first-order valence-electron chi connectivity index (χ1n) is 6.24. The standard InChI is InChI=1S/C13H12BN3O4S/c18-14(19)9-2-1-3-11(8-9)16-13(22)15-10-4-6-12(7-5-10)17(20)21/h1-8,18-19H,(H2,15,16,22). The zero-order valence-electron chi connectivity index (χ0n) is 11.3. The molecule has 0 unspecified atom stereocenters. The van der Waals surface area contributed by atoms with Crippen molar-refractivity contribution in [3.05, 3.63) is 58.6 Å². The minimum Gasteiger partial charge on any atom is -0.423 e. The molecular weight excluding hydrogens is 305 g/mol. The van der Waals surface area contributed by atoms with Crippen molar-refractivity contribution in [1.82, 2.24) is 0 Å². The highest BCUT2D eigenvalue weighted by Gasteiger charge is 2.11. The van der Waals surface area contributed by atoms with Crippen LogP contribution in [0.4, 0.5) is 17.1 Å². The Morgan fingerprint density at radius 3 is 2.32 bits per heavy atom. The molecule has 0 saturated heterocycles. The maximum atomic E-state index is 10.6. The van der Waals surface area contributed by atoms with E-state index in [2.05, 4.69) is 10.6 Å². The minimum atomic E-state index is -1.56. The van der Waals surface area contributed by atoms with E-state index >= 15 is 0 Å². The summed E-state index contributed by atoms with van der Waals surface area (Å²) in [5.74, 6) is 0. The Kier molecular flexibility index (Phi) is 5.05. The molecule has 0 fully saturated rings. The van der Waals surface area contributed by atoms with E-state index in [0.29, 0.717) is 16.8 Å². The van der Waals surface area contributed by atoms with Gasteiger partial charge in [-0.2, -0.15) is 0 Å². The van der Waals surface area contributed by atoms with Gasteiger partial charge in [0, 0.05) is 23.5 Å².